The topological polar surface area (TPSA) is 87.5 Å². The molecule has 0 aromatic carbocycles. The molecule has 0 radical (unpaired) electrons. The Morgan fingerprint density at radius 1 is 1.70 bits per heavy atom. The highest BCUT2D eigenvalue weighted by atomic mass is 16.4. The lowest BCUT2D eigenvalue weighted by Crippen LogP contribution is -2.44. The Labute approximate surface area is 116 Å². The van der Waals surface area contributed by atoms with E-state index in [2.05, 4.69) is 17.0 Å². The molecule has 7 heteroatoms. The number of aromatic nitrogens is 2. The molecule has 1 fully saturated rings. The minimum Gasteiger partial charge on any atom is -0.479 e. The average molecular weight is 278 g/mol. The lowest BCUT2D eigenvalue weighted by molar-refractivity contribution is -0.139. The SMILES string of the molecule is C=CCN(C(=O)NC(C(=O)O)c1cnn(C)c1)C1CC1. The highest BCUT2D eigenvalue weighted by molar-refractivity contribution is 5.84. The minimum atomic E-state index is -1.11. The van der Waals surface area contributed by atoms with Crippen LogP contribution in [0.3, 0.4) is 0 Å². The molecule has 2 rings (SSSR count). The van der Waals surface area contributed by atoms with Crippen molar-refractivity contribution in [3.8, 4) is 0 Å². The largest absolute Gasteiger partial charge is 0.479 e. The molecule has 1 aliphatic rings. The van der Waals surface area contributed by atoms with E-state index in [1.807, 2.05) is 0 Å². The number of carbonyl (C=O) groups excluding carboxylic acids is 1. The van der Waals surface area contributed by atoms with Gasteiger partial charge >= 0.3 is 12.0 Å². The Morgan fingerprint density at radius 2 is 2.40 bits per heavy atom. The van der Waals surface area contributed by atoms with Crippen LogP contribution in [0.4, 0.5) is 4.79 Å². The molecule has 108 valence electrons. The summed E-state index contributed by atoms with van der Waals surface area (Å²) in [6, 6.07) is -1.29. The van der Waals surface area contributed by atoms with Gasteiger partial charge < -0.3 is 15.3 Å². The first kappa shape index (κ1) is 14.1. The summed E-state index contributed by atoms with van der Waals surface area (Å²) in [5.74, 6) is -1.11. The third kappa shape index (κ3) is 3.17. The van der Waals surface area contributed by atoms with Crippen molar-refractivity contribution in [2.45, 2.75) is 24.9 Å². The molecule has 2 N–H and O–H groups in total. The van der Waals surface area contributed by atoms with Gasteiger partial charge in [-0.1, -0.05) is 6.08 Å². The third-order valence-corrected chi connectivity index (χ3v) is 3.15. The first-order valence-corrected chi connectivity index (χ1v) is 6.42. The van der Waals surface area contributed by atoms with Crippen molar-refractivity contribution < 1.29 is 14.7 Å². The molecule has 1 aliphatic carbocycles. The van der Waals surface area contributed by atoms with Gasteiger partial charge in [0.25, 0.3) is 0 Å². The first-order chi connectivity index (χ1) is 9.52. The maximum absolute atomic E-state index is 12.2. The molecule has 0 aliphatic heterocycles. The molecule has 1 atom stereocenters. The lowest BCUT2D eigenvalue weighted by Gasteiger charge is -2.23. The van der Waals surface area contributed by atoms with Crippen LogP contribution >= 0.6 is 0 Å². The maximum Gasteiger partial charge on any atom is 0.331 e. The number of hydrogen-bond acceptors (Lipinski definition) is 3. The molecule has 0 spiro atoms. The van der Waals surface area contributed by atoms with E-state index in [9.17, 15) is 14.7 Å². The zero-order valence-electron chi connectivity index (χ0n) is 11.3. The summed E-state index contributed by atoms with van der Waals surface area (Å²) in [6.07, 6.45) is 6.55. The fourth-order valence-electron chi connectivity index (χ4n) is 2.01. The van der Waals surface area contributed by atoms with Crippen LogP contribution in [0.15, 0.2) is 25.0 Å². The second-order valence-electron chi connectivity index (χ2n) is 4.84. The zero-order chi connectivity index (χ0) is 14.7. The number of carbonyl (C=O) groups is 2. The van der Waals surface area contributed by atoms with Crippen LogP contribution in [0.5, 0.6) is 0 Å². The average Bonchev–Trinajstić information content (AvgIpc) is 3.14. The molecule has 7 nitrogen and oxygen atoms in total. The molecule has 1 aromatic rings. The molecule has 1 aromatic heterocycles. The van der Waals surface area contributed by atoms with Crippen molar-refractivity contribution in [3.63, 3.8) is 0 Å². The number of nitrogens with zero attached hydrogens (tertiary/aromatic N) is 3. The van der Waals surface area contributed by atoms with Crippen LogP contribution < -0.4 is 5.32 Å². The van der Waals surface area contributed by atoms with E-state index >= 15 is 0 Å². The van der Waals surface area contributed by atoms with Gasteiger partial charge in [-0.2, -0.15) is 5.10 Å². The van der Waals surface area contributed by atoms with Crippen LogP contribution in [0, 0.1) is 0 Å². The summed E-state index contributed by atoms with van der Waals surface area (Å²) in [7, 11) is 1.69. The highest BCUT2D eigenvalue weighted by Gasteiger charge is 2.34. The number of carboxylic acids is 1. The highest BCUT2D eigenvalue weighted by Crippen LogP contribution is 2.27. The standard InChI is InChI=1S/C13H18N4O3/c1-3-6-17(10-4-5-10)13(20)15-11(12(18)19)9-7-14-16(2)8-9/h3,7-8,10-11H,1,4-6H2,2H3,(H,15,20)(H,18,19). The molecule has 0 bridgehead atoms. The van der Waals surface area contributed by atoms with E-state index < -0.39 is 12.0 Å². The second kappa shape index (κ2) is 5.77. The molecule has 0 saturated heterocycles. The predicted octanol–water partition coefficient (Wildman–Crippen LogP) is 0.906. The van der Waals surface area contributed by atoms with Gasteiger partial charge in [0, 0.05) is 31.4 Å². The molecule has 20 heavy (non-hydrogen) atoms. The summed E-state index contributed by atoms with van der Waals surface area (Å²) in [6.45, 7) is 4.03. The first-order valence-electron chi connectivity index (χ1n) is 6.42. The van der Waals surface area contributed by atoms with E-state index in [-0.39, 0.29) is 12.1 Å². The minimum absolute atomic E-state index is 0.191. The Hall–Kier alpha value is -2.31. The fourth-order valence-corrected chi connectivity index (χ4v) is 2.01. The van der Waals surface area contributed by atoms with Crippen LogP contribution in [0.2, 0.25) is 0 Å². The summed E-state index contributed by atoms with van der Waals surface area (Å²) in [4.78, 5) is 25.1. The van der Waals surface area contributed by atoms with Gasteiger partial charge in [0.1, 0.15) is 0 Å². The monoisotopic (exact) mass is 278 g/mol. The van der Waals surface area contributed by atoms with E-state index in [4.69, 9.17) is 0 Å². The second-order valence-corrected chi connectivity index (χ2v) is 4.84. The van der Waals surface area contributed by atoms with Crippen molar-refractivity contribution in [2.75, 3.05) is 6.54 Å². The number of amides is 2. The van der Waals surface area contributed by atoms with E-state index in [0.717, 1.165) is 12.8 Å². The molecule has 1 saturated carbocycles. The molecule has 1 heterocycles. The smallest absolute Gasteiger partial charge is 0.331 e. The van der Waals surface area contributed by atoms with Crippen molar-refractivity contribution in [3.05, 3.63) is 30.6 Å². The Morgan fingerprint density at radius 3 is 2.85 bits per heavy atom. The van der Waals surface area contributed by atoms with Gasteiger partial charge in [0.15, 0.2) is 6.04 Å². The molecule has 1 unspecified atom stereocenters. The van der Waals surface area contributed by atoms with Gasteiger partial charge in [0.05, 0.1) is 6.20 Å². The fraction of sp³-hybridized carbons (Fsp3) is 0.462. The Balaban J connectivity index is 2.09. The van der Waals surface area contributed by atoms with Crippen LogP contribution in [0.1, 0.15) is 24.4 Å². The normalized spacial score (nSPS) is 15.4. The third-order valence-electron chi connectivity index (χ3n) is 3.15. The van der Waals surface area contributed by atoms with E-state index in [0.29, 0.717) is 12.1 Å². The molecule has 2 amide bonds. The summed E-state index contributed by atoms with van der Waals surface area (Å²) >= 11 is 0. The van der Waals surface area contributed by atoms with Gasteiger partial charge in [-0.3, -0.25) is 4.68 Å². The van der Waals surface area contributed by atoms with Gasteiger partial charge in [-0.05, 0) is 12.8 Å². The van der Waals surface area contributed by atoms with Gasteiger partial charge in [-0.25, -0.2) is 9.59 Å². The van der Waals surface area contributed by atoms with E-state index in [1.54, 1.807) is 24.2 Å². The lowest BCUT2D eigenvalue weighted by atomic mass is 10.1. The van der Waals surface area contributed by atoms with Gasteiger partial charge in [0.2, 0.25) is 0 Å². The van der Waals surface area contributed by atoms with Crippen molar-refractivity contribution in [1.82, 2.24) is 20.0 Å². The summed E-state index contributed by atoms with van der Waals surface area (Å²) in [5, 5.41) is 15.7. The molecular weight excluding hydrogens is 260 g/mol. The van der Waals surface area contributed by atoms with Crippen molar-refractivity contribution in [2.24, 2.45) is 7.05 Å². The number of aryl methyl sites for hydroxylation is 1. The number of nitrogens with one attached hydrogen (secondary N) is 1. The number of aliphatic carboxylic acids is 1. The van der Waals surface area contributed by atoms with Gasteiger partial charge in [-0.15, -0.1) is 6.58 Å². The quantitative estimate of drug-likeness (QED) is 0.757. The van der Waals surface area contributed by atoms with Crippen LogP contribution in [-0.4, -0.2) is 44.4 Å². The van der Waals surface area contributed by atoms with Crippen molar-refractivity contribution >= 4 is 12.0 Å². The summed E-state index contributed by atoms with van der Waals surface area (Å²) in [5.41, 5.74) is 0.447. The van der Waals surface area contributed by atoms with Crippen molar-refractivity contribution in [1.29, 1.82) is 0 Å². The summed E-state index contributed by atoms with van der Waals surface area (Å²) < 4.78 is 1.50. The Kier molecular flexibility index (Phi) is 4.07. The molecular formula is C13H18N4O3. The number of hydrogen-bond donors (Lipinski definition) is 2. The number of rotatable bonds is 6. The Bertz CT molecular complexity index is 521. The maximum atomic E-state index is 12.2. The zero-order valence-corrected chi connectivity index (χ0v) is 11.3. The van der Waals surface area contributed by atoms with Crippen LogP contribution in [0.25, 0.3) is 0 Å². The van der Waals surface area contributed by atoms with E-state index in [1.165, 1.54) is 10.9 Å². The number of carboxylic acid groups (broad SMARTS) is 1. The number of urea groups is 1. The van der Waals surface area contributed by atoms with Crippen LogP contribution in [-0.2, 0) is 11.8 Å². The predicted molar refractivity (Wildman–Crippen MR) is 72.0 cm³/mol.